The third-order valence-corrected chi connectivity index (χ3v) is 2.50. The smallest absolute Gasteiger partial charge is 0.291 e. The van der Waals surface area contributed by atoms with Crippen molar-refractivity contribution in [1.82, 2.24) is 14.5 Å². The quantitative estimate of drug-likeness (QED) is 0.682. The number of rotatable bonds is 1. The van der Waals surface area contributed by atoms with E-state index >= 15 is 0 Å². The van der Waals surface area contributed by atoms with E-state index in [1.165, 1.54) is 6.33 Å². The van der Waals surface area contributed by atoms with E-state index in [-0.39, 0.29) is 5.56 Å². The van der Waals surface area contributed by atoms with Gasteiger partial charge >= 0.3 is 0 Å². The summed E-state index contributed by atoms with van der Waals surface area (Å²) >= 11 is 0. The number of hydrogen-bond acceptors (Lipinski definition) is 4. The molecule has 0 aromatic carbocycles. The minimum absolute atomic E-state index is 0.146. The summed E-state index contributed by atoms with van der Waals surface area (Å²) in [6, 6.07) is 1.94. The number of aromatic nitrogens is 2. The van der Waals surface area contributed by atoms with Crippen molar-refractivity contribution in [2.45, 2.75) is 13.0 Å². The SMILES string of the molecule is CN(C)/C=C1\CCn2cnc(=O)c(C#N)c21. The van der Waals surface area contributed by atoms with Gasteiger partial charge in [-0.15, -0.1) is 0 Å². The van der Waals surface area contributed by atoms with Crippen LogP contribution in [0.2, 0.25) is 0 Å². The Morgan fingerprint density at radius 3 is 3.00 bits per heavy atom. The van der Waals surface area contributed by atoms with Crippen LogP contribution in [0.4, 0.5) is 0 Å². The lowest BCUT2D eigenvalue weighted by molar-refractivity contribution is 0.564. The molecule has 1 aromatic rings. The molecule has 0 atom stereocenters. The summed E-state index contributed by atoms with van der Waals surface area (Å²) in [6.07, 6.45) is 4.28. The van der Waals surface area contributed by atoms with E-state index in [2.05, 4.69) is 4.98 Å². The summed E-state index contributed by atoms with van der Waals surface area (Å²) in [5, 5.41) is 8.99. The van der Waals surface area contributed by atoms with Crippen molar-refractivity contribution < 1.29 is 0 Å². The van der Waals surface area contributed by atoms with Gasteiger partial charge in [0.1, 0.15) is 11.6 Å². The maximum atomic E-state index is 11.5. The molecule has 0 fully saturated rings. The van der Waals surface area contributed by atoms with Crippen LogP contribution in [-0.4, -0.2) is 28.5 Å². The fourth-order valence-electron chi connectivity index (χ4n) is 1.90. The molecular weight excluding hydrogens is 204 g/mol. The molecule has 2 heterocycles. The largest absolute Gasteiger partial charge is 0.383 e. The van der Waals surface area contributed by atoms with E-state index in [9.17, 15) is 4.79 Å². The topological polar surface area (TPSA) is 61.9 Å². The molecule has 0 saturated carbocycles. The summed E-state index contributed by atoms with van der Waals surface area (Å²) in [7, 11) is 3.84. The van der Waals surface area contributed by atoms with E-state index in [4.69, 9.17) is 5.26 Å². The highest BCUT2D eigenvalue weighted by Crippen LogP contribution is 2.27. The van der Waals surface area contributed by atoms with Gasteiger partial charge in [-0.25, -0.2) is 0 Å². The number of nitriles is 1. The zero-order valence-corrected chi connectivity index (χ0v) is 9.27. The number of aryl methyl sites for hydroxylation is 1. The standard InChI is InChI=1S/C11H12N4O/c1-14(2)6-8-3-4-15-7-13-11(16)9(5-12)10(8)15/h6-7H,3-4H2,1-2H3/b8-6+. The summed E-state index contributed by atoms with van der Waals surface area (Å²) in [5.74, 6) is 0. The Balaban J connectivity index is 2.66. The van der Waals surface area contributed by atoms with Crippen LogP contribution in [0.1, 0.15) is 17.7 Å². The molecule has 0 amide bonds. The Kier molecular flexibility index (Phi) is 2.49. The first kappa shape index (κ1) is 10.4. The Labute approximate surface area is 93.3 Å². The predicted octanol–water partition coefficient (Wildman–Crippen LogP) is 0.421. The molecule has 2 rings (SSSR count). The Morgan fingerprint density at radius 2 is 2.38 bits per heavy atom. The molecule has 82 valence electrons. The molecular formula is C11H12N4O. The van der Waals surface area contributed by atoms with Crippen molar-refractivity contribution in [2.75, 3.05) is 14.1 Å². The molecule has 1 aliphatic rings. The van der Waals surface area contributed by atoms with Crippen LogP contribution in [0.25, 0.3) is 5.57 Å². The van der Waals surface area contributed by atoms with Gasteiger partial charge in [0.05, 0.1) is 12.0 Å². The molecule has 16 heavy (non-hydrogen) atoms. The van der Waals surface area contributed by atoms with Gasteiger partial charge in [-0.2, -0.15) is 10.2 Å². The van der Waals surface area contributed by atoms with Gasteiger partial charge in [0, 0.05) is 26.8 Å². The molecule has 0 spiro atoms. The highest BCUT2D eigenvalue weighted by atomic mass is 16.1. The van der Waals surface area contributed by atoms with Crippen LogP contribution in [0.5, 0.6) is 0 Å². The molecule has 0 aliphatic carbocycles. The summed E-state index contributed by atoms with van der Waals surface area (Å²) in [4.78, 5) is 17.0. The lowest BCUT2D eigenvalue weighted by Gasteiger charge is -2.08. The number of nitrogens with zero attached hydrogens (tertiary/aromatic N) is 4. The normalized spacial score (nSPS) is 15.9. The van der Waals surface area contributed by atoms with Crippen LogP contribution in [0.15, 0.2) is 17.3 Å². The van der Waals surface area contributed by atoms with Crippen molar-refractivity contribution >= 4 is 5.57 Å². The Hall–Kier alpha value is -2.09. The molecule has 1 aliphatic heterocycles. The Morgan fingerprint density at radius 1 is 1.62 bits per heavy atom. The van der Waals surface area contributed by atoms with Gasteiger partial charge in [0.15, 0.2) is 0 Å². The first-order chi connectivity index (χ1) is 7.63. The van der Waals surface area contributed by atoms with Gasteiger partial charge in [-0.05, 0) is 12.0 Å². The second kappa shape index (κ2) is 3.81. The zero-order chi connectivity index (χ0) is 11.7. The molecule has 0 N–H and O–H groups in total. The second-order valence-electron chi connectivity index (χ2n) is 3.95. The van der Waals surface area contributed by atoms with E-state index in [1.807, 2.05) is 35.8 Å². The van der Waals surface area contributed by atoms with Crippen molar-refractivity contribution in [3.05, 3.63) is 34.1 Å². The van der Waals surface area contributed by atoms with E-state index < -0.39 is 5.56 Å². The van der Waals surface area contributed by atoms with Crippen LogP contribution < -0.4 is 5.56 Å². The van der Waals surface area contributed by atoms with E-state index in [0.29, 0.717) is 0 Å². The molecule has 0 bridgehead atoms. The lowest BCUT2D eigenvalue weighted by atomic mass is 10.1. The average molecular weight is 216 g/mol. The summed E-state index contributed by atoms with van der Waals surface area (Å²) in [6.45, 7) is 0.775. The first-order valence-corrected chi connectivity index (χ1v) is 5.00. The average Bonchev–Trinajstić information content (AvgIpc) is 2.61. The number of fused-ring (bicyclic) bond motifs is 1. The van der Waals surface area contributed by atoms with Gasteiger partial charge in [-0.1, -0.05) is 0 Å². The monoisotopic (exact) mass is 216 g/mol. The van der Waals surface area contributed by atoms with Crippen molar-refractivity contribution in [2.24, 2.45) is 0 Å². The van der Waals surface area contributed by atoms with Gasteiger partial charge < -0.3 is 9.47 Å². The number of hydrogen-bond donors (Lipinski definition) is 0. The van der Waals surface area contributed by atoms with E-state index in [1.54, 1.807) is 0 Å². The highest BCUT2D eigenvalue weighted by Gasteiger charge is 2.21. The third-order valence-electron chi connectivity index (χ3n) is 2.50. The van der Waals surface area contributed by atoms with Crippen molar-refractivity contribution in [3.63, 3.8) is 0 Å². The van der Waals surface area contributed by atoms with Gasteiger partial charge in [0.25, 0.3) is 5.56 Å². The fourth-order valence-corrected chi connectivity index (χ4v) is 1.90. The summed E-state index contributed by atoms with van der Waals surface area (Å²) in [5.41, 5.74) is 1.44. The maximum absolute atomic E-state index is 11.5. The van der Waals surface area contributed by atoms with E-state index in [0.717, 1.165) is 24.2 Å². The van der Waals surface area contributed by atoms with Crippen LogP contribution in [0.3, 0.4) is 0 Å². The lowest BCUT2D eigenvalue weighted by Crippen LogP contribution is -2.16. The van der Waals surface area contributed by atoms with Crippen molar-refractivity contribution in [3.8, 4) is 6.07 Å². The second-order valence-corrected chi connectivity index (χ2v) is 3.95. The molecule has 1 aromatic heterocycles. The fraction of sp³-hybridized carbons (Fsp3) is 0.364. The minimum Gasteiger partial charge on any atom is -0.383 e. The third kappa shape index (κ3) is 1.58. The van der Waals surface area contributed by atoms with Gasteiger partial charge in [-0.3, -0.25) is 4.79 Å². The van der Waals surface area contributed by atoms with Gasteiger partial charge in [0.2, 0.25) is 0 Å². The Bertz CT molecular complexity index is 548. The van der Waals surface area contributed by atoms with Crippen molar-refractivity contribution in [1.29, 1.82) is 5.26 Å². The molecule has 0 saturated heterocycles. The van der Waals surface area contributed by atoms with Crippen LogP contribution >= 0.6 is 0 Å². The molecule has 5 nitrogen and oxygen atoms in total. The highest BCUT2D eigenvalue weighted by molar-refractivity contribution is 5.69. The minimum atomic E-state index is -0.444. The van der Waals surface area contributed by atoms with Crippen LogP contribution in [0, 0.1) is 11.3 Å². The van der Waals surface area contributed by atoms with Crippen LogP contribution in [-0.2, 0) is 6.54 Å². The summed E-state index contributed by atoms with van der Waals surface area (Å²) < 4.78 is 1.86. The number of allylic oxidation sites excluding steroid dienone is 1. The first-order valence-electron chi connectivity index (χ1n) is 5.00. The zero-order valence-electron chi connectivity index (χ0n) is 9.27. The molecule has 5 heteroatoms. The maximum Gasteiger partial charge on any atom is 0.291 e. The molecule has 0 radical (unpaired) electrons. The predicted molar refractivity (Wildman–Crippen MR) is 59.5 cm³/mol. The molecule has 0 unspecified atom stereocenters.